The van der Waals surface area contributed by atoms with Crippen molar-refractivity contribution in [1.82, 2.24) is 10.3 Å². The molecule has 0 atom stereocenters. The Hall–Kier alpha value is -2.56. The third-order valence-electron chi connectivity index (χ3n) is 2.77. The molecule has 20 heavy (non-hydrogen) atoms. The highest BCUT2D eigenvalue weighted by atomic mass is 16.5. The maximum atomic E-state index is 12.0. The second kappa shape index (κ2) is 6.06. The van der Waals surface area contributed by atoms with Crippen molar-refractivity contribution in [1.29, 1.82) is 0 Å². The molecule has 3 N–H and O–H groups in total. The molecule has 1 aromatic heterocycles. The normalized spacial score (nSPS) is 10.1. The predicted octanol–water partition coefficient (Wildman–Crippen LogP) is 2.51. The molecule has 1 aromatic carbocycles. The number of nitrogens with two attached hydrogens (primary N) is 1. The lowest BCUT2D eigenvalue weighted by molar-refractivity contribution is 0.0953. The first-order chi connectivity index (χ1) is 9.61. The first-order valence-electron chi connectivity index (χ1n) is 6.39. The lowest BCUT2D eigenvalue weighted by atomic mass is 10.1. The second-order valence-corrected chi connectivity index (χ2v) is 4.30. The molecule has 0 fully saturated rings. The molecule has 0 bridgehead atoms. The molecular formula is C15H17N3O2. The summed E-state index contributed by atoms with van der Waals surface area (Å²) in [6.45, 7) is 4.25. The minimum Gasteiger partial charge on any atom is -0.455 e. The second-order valence-electron chi connectivity index (χ2n) is 4.30. The number of hydrogen-bond acceptors (Lipinski definition) is 4. The van der Waals surface area contributed by atoms with E-state index in [9.17, 15) is 4.79 Å². The molecule has 5 nitrogen and oxygen atoms in total. The van der Waals surface area contributed by atoms with Gasteiger partial charge in [0.1, 0.15) is 11.5 Å². The van der Waals surface area contributed by atoms with Gasteiger partial charge < -0.3 is 15.8 Å². The number of nitrogen functional groups attached to an aromatic ring is 1. The topological polar surface area (TPSA) is 77.2 Å². The van der Waals surface area contributed by atoms with Crippen molar-refractivity contribution in [3.63, 3.8) is 0 Å². The molecule has 104 valence electrons. The molecule has 0 radical (unpaired) electrons. The number of nitrogens with zero attached hydrogens (tertiary/aromatic N) is 1. The van der Waals surface area contributed by atoms with E-state index in [0.717, 1.165) is 5.69 Å². The number of amides is 1. The van der Waals surface area contributed by atoms with Crippen LogP contribution in [0.2, 0.25) is 0 Å². The zero-order valence-electron chi connectivity index (χ0n) is 11.5. The Labute approximate surface area is 117 Å². The van der Waals surface area contributed by atoms with Crippen LogP contribution in [0.15, 0.2) is 36.5 Å². The minimum atomic E-state index is -0.191. The Bertz CT molecular complexity index is 626. The van der Waals surface area contributed by atoms with Gasteiger partial charge in [0.05, 0.1) is 11.3 Å². The molecule has 0 saturated carbocycles. The summed E-state index contributed by atoms with van der Waals surface area (Å²) in [4.78, 5) is 16.2. The van der Waals surface area contributed by atoms with Gasteiger partial charge >= 0.3 is 0 Å². The van der Waals surface area contributed by atoms with Crippen LogP contribution in [0.4, 0.5) is 5.69 Å². The van der Waals surface area contributed by atoms with Crippen LogP contribution >= 0.6 is 0 Å². The van der Waals surface area contributed by atoms with Gasteiger partial charge in [0.2, 0.25) is 0 Å². The molecule has 0 aliphatic carbocycles. The Morgan fingerprint density at radius 2 is 2.15 bits per heavy atom. The Balaban J connectivity index is 2.37. The van der Waals surface area contributed by atoms with Crippen molar-refractivity contribution >= 4 is 11.6 Å². The number of aromatic nitrogens is 1. The van der Waals surface area contributed by atoms with Gasteiger partial charge in [-0.05, 0) is 38.1 Å². The molecule has 2 rings (SSSR count). The average molecular weight is 271 g/mol. The van der Waals surface area contributed by atoms with E-state index < -0.39 is 0 Å². The van der Waals surface area contributed by atoms with Crippen molar-refractivity contribution in [3.05, 3.63) is 47.8 Å². The van der Waals surface area contributed by atoms with Gasteiger partial charge in [0.15, 0.2) is 0 Å². The summed E-state index contributed by atoms with van der Waals surface area (Å²) in [5.74, 6) is 0.833. The lowest BCUT2D eigenvalue weighted by Gasteiger charge is -2.12. The number of rotatable bonds is 4. The smallest absolute Gasteiger partial charge is 0.255 e. The number of ether oxygens (including phenoxy) is 1. The fourth-order valence-corrected chi connectivity index (χ4v) is 1.76. The third-order valence-corrected chi connectivity index (χ3v) is 2.77. The zero-order chi connectivity index (χ0) is 14.5. The van der Waals surface area contributed by atoms with Crippen LogP contribution in [0.5, 0.6) is 11.5 Å². The first-order valence-corrected chi connectivity index (χ1v) is 6.39. The number of anilines is 1. The Kier molecular flexibility index (Phi) is 4.20. The summed E-state index contributed by atoms with van der Waals surface area (Å²) in [5, 5.41) is 2.75. The summed E-state index contributed by atoms with van der Waals surface area (Å²) in [6, 6.07) is 8.54. The van der Waals surface area contributed by atoms with Crippen LogP contribution in [-0.2, 0) is 0 Å². The van der Waals surface area contributed by atoms with Crippen LogP contribution in [0.3, 0.4) is 0 Å². The Morgan fingerprint density at radius 1 is 1.35 bits per heavy atom. The predicted molar refractivity (Wildman–Crippen MR) is 77.9 cm³/mol. The molecule has 0 aliphatic heterocycles. The van der Waals surface area contributed by atoms with Crippen molar-refractivity contribution in [2.45, 2.75) is 13.8 Å². The monoisotopic (exact) mass is 271 g/mol. The number of hydrogen-bond donors (Lipinski definition) is 2. The number of carbonyl (C=O) groups is 1. The fraction of sp³-hybridized carbons (Fsp3) is 0.200. The Morgan fingerprint density at radius 3 is 2.85 bits per heavy atom. The summed E-state index contributed by atoms with van der Waals surface area (Å²) in [7, 11) is 0. The van der Waals surface area contributed by atoms with Crippen LogP contribution in [0.1, 0.15) is 23.0 Å². The van der Waals surface area contributed by atoms with E-state index in [1.165, 1.54) is 0 Å². The van der Waals surface area contributed by atoms with Crippen LogP contribution in [-0.4, -0.2) is 17.4 Å². The van der Waals surface area contributed by atoms with E-state index in [1.54, 1.807) is 36.5 Å². The van der Waals surface area contributed by atoms with Crippen molar-refractivity contribution < 1.29 is 9.53 Å². The van der Waals surface area contributed by atoms with Crippen LogP contribution in [0.25, 0.3) is 0 Å². The highest BCUT2D eigenvalue weighted by molar-refractivity contribution is 5.97. The molecule has 1 heterocycles. The molecule has 0 spiro atoms. The molecule has 2 aromatic rings. The van der Waals surface area contributed by atoms with E-state index >= 15 is 0 Å². The van der Waals surface area contributed by atoms with Gasteiger partial charge in [0, 0.05) is 24.5 Å². The van der Waals surface area contributed by atoms with Gasteiger partial charge in [-0.15, -0.1) is 0 Å². The molecule has 5 heteroatoms. The zero-order valence-corrected chi connectivity index (χ0v) is 11.5. The van der Waals surface area contributed by atoms with E-state index in [0.29, 0.717) is 29.3 Å². The van der Waals surface area contributed by atoms with E-state index in [-0.39, 0.29) is 5.91 Å². The van der Waals surface area contributed by atoms with E-state index in [2.05, 4.69) is 10.3 Å². The van der Waals surface area contributed by atoms with Crippen LogP contribution < -0.4 is 15.8 Å². The number of pyridine rings is 1. The summed E-state index contributed by atoms with van der Waals surface area (Å²) in [5.41, 5.74) is 7.50. The van der Waals surface area contributed by atoms with Gasteiger partial charge in [0.25, 0.3) is 5.91 Å². The number of benzene rings is 1. The van der Waals surface area contributed by atoms with Crippen molar-refractivity contribution in [2.24, 2.45) is 0 Å². The highest BCUT2D eigenvalue weighted by Crippen LogP contribution is 2.28. The highest BCUT2D eigenvalue weighted by Gasteiger charge is 2.14. The third kappa shape index (κ3) is 3.06. The number of nitrogens with one attached hydrogen (secondary N) is 1. The minimum absolute atomic E-state index is 0.191. The number of aryl methyl sites for hydroxylation is 1. The standard InChI is InChI=1S/C15H17N3O2/c1-3-17-15(19)12-7-6-11(16)9-14(12)20-13-5-4-8-18-10(13)2/h4-9H,3,16H2,1-2H3,(H,17,19). The SMILES string of the molecule is CCNC(=O)c1ccc(N)cc1Oc1cccnc1C. The number of carbonyl (C=O) groups excluding carboxylic acids is 1. The van der Waals surface area contributed by atoms with Gasteiger partial charge in [-0.2, -0.15) is 0 Å². The summed E-state index contributed by atoms with van der Waals surface area (Å²) >= 11 is 0. The molecule has 1 amide bonds. The van der Waals surface area contributed by atoms with Gasteiger partial charge in [-0.3, -0.25) is 9.78 Å². The summed E-state index contributed by atoms with van der Waals surface area (Å²) in [6.07, 6.45) is 1.69. The molecule has 0 unspecified atom stereocenters. The van der Waals surface area contributed by atoms with E-state index in [1.807, 2.05) is 13.8 Å². The molecular weight excluding hydrogens is 254 g/mol. The fourth-order valence-electron chi connectivity index (χ4n) is 1.76. The quantitative estimate of drug-likeness (QED) is 0.838. The average Bonchev–Trinajstić information content (AvgIpc) is 2.42. The maximum absolute atomic E-state index is 12.0. The van der Waals surface area contributed by atoms with Gasteiger partial charge in [-0.25, -0.2) is 0 Å². The van der Waals surface area contributed by atoms with Crippen LogP contribution in [0, 0.1) is 6.92 Å². The molecule has 0 saturated heterocycles. The van der Waals surface area contributed by atoms with E-state index in [4.69, 9.17) is 10.5 Å². The van der Waals surface area contributed by atoms with Gasteiger partial charge in [-0.1, -0.05) is 0 Å². The van der Waals surface area contributed by atoms with Crippen molar-refractivity contribution in [2.75, 3.05) is 12.3 Å². The summed E-state index contributed by atoms with van der Waals surface area (Å²) < 4.78 is 5.79. The lowest BCUT2D eigenvalue weighted by Crippen LogP contribution is -2.23. The molecule has 0 aliphatic rings. The first kappa shape index (κ1) is 13.9. The van der Waals surface area contributed by atoms with Crippen molar-refractivity contribution in [3.8, 4) is 11.5 Å². The largest absolute Gasteiger partial charge is 0.455 e. The maximum Gasteiger partial charge on any atom is 0.255 e.